The first kappa shape index (κ1) is 23.9. The van der Waals surface area contributed by atoms with E-state index in [2.05, 4.69) is 21.2 Å². The van der Waals surface area contributed by atoms with E-state index in [4.69, 9.17) is 32.7 Å². The Morgan fingerprint density at radius 1 is 0.968 bits per heavy atom. The van der Waals surface area contributed by atoms with Gasteiger partial charge in [-0.15, -0.1) is 0 Å². The Labute approximate surface area is 201 Å². The first-order valence-corrected chi connectivity index (χ1v) is 11.5. The monoisotopic (exact) mass is 523 g/mol. The number of rotatable bonds is 10. The third-order valence-corrected chi connectivity index (χ3v) is 5.92. The highest BCUT2D eigenvalue weighted by molar-refractivity contribution is 9.10. The molecule has 7 heteroatoms. The van der Waals surface area contributed by atoms with Gasteiger partial charge in [0.15, 0.2) is 11.5 Å². The molecule has 3 rings (SSSR count). The van der Waals surface area contributed by atoms with Crippen LogP contribution in [0.15, 0.2) is 65.1 Å². The number of aliphatic hydroxyl groups is 1. The van der Waals surface area contributed by atoms with Gasteiger partial charge in [-0.1, -0.05) is 59.6 Å². The Kier molecular flexibility index (Phi) is 9.05. The molecule has 0 fully saturated rings. The minimum atomic E-state index is -0.565. The average molecular weight is 525 g/mol. The summed E-state index contributed by atoms with van der Waals surface area (Å²) in [6, 6.07) is 18.9. The maximum absolute atomic E-state index is 10.3. The fraction of sp³-hybridized carbons (Fsp3) is 0.250. The number of aliphatic hydroxyl groups excluding tert-OH is 1. The summed E-state index contributed by atoms with van der Waals surface area (Å²) in [6.07, 6.45) is -0.565. The molecule has 4 nitrogen and oxygen atoms in total. The SMILES string of the molecule is CCOc1cc(CNCC(O)c2ccccc2)cc(Br)c1OCc1ccc(Cl)c(Cl)c1. The summed E-state index contributed by atoms with van der Waals surface area (Å²) in [7, 11) is 0. The van der Waals surface area contributed by atoms with Gasteiger partial charge in [-0.3, -0.25) is 0 Å². The van der Waals surface area contributed by atoms with Crippen LogP contribution in [-0.2, 0) is 13.2 Å². The van der Waals surface area contributed by atoms with Gasteiger partial charge < -0.3 is 19.9 Å². The predicted molar refractivity (Wildman–Crippen MR) is 129 cm³/mol. The van der Waals surface area contributed by atoms with Crippen molar-refractivity contribution in [2.75, 3.05) is 13.2 Å². The summed E-state index contributed by atoms with van der Waals surface area (Å²) in [5.74, 6) is 1.28. The van der Waals surface area contributed by atoms with Gasteiger partial charge in [0, 0.05) is 13.1 Å². The van der Waals surface area contributed by atoms with Crippen molar-refractivity contribution in [2.45, 2.75) is 26.2 Å². The van der Waals surface area contributed by atoms with Gasteiger partial charge in [0.25, 0.3) is 0 Å². The van der Waals surface area contributed by atoms with E-state index in [0.29, 0.717) is 47.8 Å². The van der Waals surface area contributed by atoms with Crippen LogP contribution in [0.4, 0.5) is 0 Å². The van der Waals surface area contributed by atoms with Crippen molar-refractivity contribution in [1.82, 2.24) is 5.32 Å². The van der Waals surface area contributed by atoms with E-state index in [1.807, 2.05) is 55.5 Å². The predicted octanol–water partition coefficient (Wildman–Crippen LogP) is 6.56. The molecule has 0 amide bonds. The molecule has 3 aromatic rings. The lowest BCUT2D eigenvalue weighted by molar-refractivity contribution is 0.174. The molecule has 0 bridgehead atoms. The van der Waals surface area contributed by atoms with Crippen molar-refractivity contribution >= 4 is 39.1 Å². The van der Waals surface area contributed by atoms with Crippen molar-refractivity contribution in [3.8, 4) is 11.5 Å². The van der Waals surface area contributed by atoms with Crippen LogP contribution < -0.4 is 14.8 Å². The molecular weight excluding hydrogens is 501 g/mol. The maximum atomic E-state index is 10.3. The number of hydrogen-bond donors (Lipinski definition) is 2. The highest BCUT2D eigenvalue weighted by Gasteiger charge is 2.14. The second-order valence-corrected chi connectivity index (χ2v) is 8.60. The average Bonchev–Trinajstić information content (AvgIpc) is 2.76. The van der Waals surface area contributed by atoms with E-state index in [9.17, 15) is 5.11 Å². The van der Waals surface area contributed by atoms with Gasteiger partial charge >= 0.3 is 0 Å². The fourth-order valence-electron chi connectivity index (χ4n) is 3.06. The van der Waals surface area contributed by atoms with Crippen molar-refractivity contribution in [3.05, 3.63) is 91.9 Å². The summed E-state index contributed by atoms with van der Waals surface area (Å²) in [4.78, 5) is 0. The van der Waals surface area contributed by atoms with Gasteiger partial charge in [-0.05, 0) is 63.8 Å². The Morgan fingerprint density at radius 2 is 1.74 bits per heavy atom. The van der Waals surface area contributed by atoms with E-state index in [1.165, 1.54) is 0 Å². The molecule has 0 aliphatic heterocycles. The van der Waals surface area contributed by atoms with Crippen LogP contribution >= 0.6 is 39.1 Å². The smallest absolute Gasteiger partial charge is 0.175 e. The zero-order valence-corrected chi connectivity index (χ0v) is 20.2. The van der Waals surface area contributed by atoms with Crippen molar-refractivity contribution in [3.63, 3.8) is 0 Å². The largest absolute Gasteiger partial charge is 0.490 e. The molecule has 0 spiro atoms. The second-order valence-electron chi connectivity index (χ2n) is 6.93. The zero-order chi connectivity index (χ0) is 22.2. The lowest BCUT2D eigenvalue weighted by Crippen LogP contribution is -2.21. The van der Waals surface area contributed by atoms with E-state index in [1.54, 1.807) is 12.1 Å². The molecule has 0 aromatic heterocycles. The van der Waals surface area contributed by atoms with Gasteiger partial charge in [-0.25, -0.2) is 0 Å². The summed E-state index contributed by atoms with van der Waals surface area (Å²) >= 11 is 15.7. The standard InChI is InChI=1S/C24H24BrCl2NO3/c1-2-30-23-12-17(13-28-14-22(29)18-6-4-3-5-7-18)10-19(25)24(23)31-15-16-8-9-20(26)21(27)11-16/h3-12,22,28-29H,2,13-15H2,1H3. The third-order valence-electron chi connectivity index (χ3n) is 4.59. The normalized spacial score (nSPS) is 11.9. The molecule has 1 atom stereocenters. The van der Waals surface area contributed by atoms with Crippen LogP contribution in [0.2, 0.25) is 10.0 Å². The first-order valence-electron chi connectivity index (χ1n) is 9.93. The molecule has 0 heterocycles. The van der Waals surface area contributed by atoms with Crippen LogP contribution in [0.1, 0.15) is 29.7 Å². The topological polar surface area (TPSA) is 50.7 Å². The molecule has 2 N–H and O–H groups in total. The summed E-state index contributed by atoms with van der Waals surface area (Å²) < 4.78 is 12.6. The number of nitrogens with one attached hydrogen (secondary N) is 1. The van der Waals surface area contributed by atoms with Crippen molar-refractivity contribution < 1.29 is 14.6 Å². The van der Waals surface area contributed by atoms with Crippen molar-refractivity contribution in [1.29, 1.82) is 0 Å². The van der Waals surface area contributed by atoms with Crippen LogP contribution in [0.3, 0.4) is 0 Å². The third kappa shape index (κ3) is 6.86. The highest BCUT2D eigenvalue weighted by Crippen LogP contribution is 2.37. The fourth-order valence-corrected chi connectivity index (χ4v) is 3.98. The molecule has 1 unspecified atom stereocenters. The molecule has 0 aliphatic rings. The van der Waals surface area contributed by atoms with E-state index in [-0.39, 0.29) is 0 Å². The summed E-state index contributed by atoms with van der Waals surface area (Å²) in [5.41, 5.74) is 2.80. The van der Waals surface area contributed by atoms with E-state index >= 15 is 0 Å². The quantitative estimate of drug-likeness (QED) is 0.315. The molecule has 0 saturated heterocycles. The molecule has 31 heavy (non-hydrogen) atoms. The number of benzene rings is 3. The number of ether oxygens (including phenoxy) is 2. The van der Waals surface area contributed by atoms with E-state index in [0.717, 1.165) is 21.2 Å². The minimum Gasteiger partial charge on any atom is -0.490 e. The van der Waals surface area contributed by atoms with E-state index < -0.39 is 6.10 Å². The molecule has 0 aliphatic carbocycles. The highest BCUT2D eigenvalue weighted by atomic mass is 79.9. The van der Waals surface area contributed by atoms with Crippen LogP contribution in [0.25, 0.3) is 0 Å². The molecule has 164 valence electrons. The van der Waals surface area contributed by atoms with Gasteiger partial charge in [0.1, 0.15) is 6.61 Å². The Hall–Kier alpha value is -1.76. The van der Waals surface area contributed by atoms with Crippen LogP contribution in [-0.4, -0.2) is 18.3 Å². The second kappa shape index (κ2) is 11.7. The molecule has 0 radical (unpaired) electrons. The first-order chi connectivity index (χ1) is 15.0. The van der Waals surface area contributed by atoms with Crippen LogP contribution in [0, 0.1) is 0 Å². The zero-order valence-electron chi connectivity index (χ0n) is 17.1. The Bertz CT molecular complexity index is 1000. The lowest BCUT2D eigenvalue weighted by atomic mass is 10.1. The van der Waals surface area contributed by atoms with Crippen molar-refractivity contribution in [2.24, 2.45) is 0 Å². The summed E-state index contributed by atoms with van der Waals surface area (Å²) in [6.45, 7) is 3.80. The molecule has 0 saturated carbocycles. The number of halogens is 3. The Balaban J connectivity index is 1.65. The maximum Gasteiger partial charge on any atom is 0.175 e. The molecule has 3 aromatic carbocycles. The minimum absolute atomic E-state index is 0.330. The summed E-state index contributed by atoms with van der Waals surface area (Å²) in [5, 5.41) is 14.6. The number of hydrogen-bond acceptors (Lipinski definition) is 4. The van der Waals surface area contributed by atoms with Gasteiger partial charge in [0.2, 0.25) is 0 Å². The van der Waals surface area contributed by atoms with Crippen LogP contribution in [0.5, 0.6) is 11.5 Å². The Morgan fingerprint density at radius 3 is 2.45 bits per heavy atom. The van der Waals surface area contributed by atoms with Gasteiger partial charge in [-0.2, -0.15) is 0 Å². The molecular formula is C24H24BrCl2NO3. The van der Waals surface area contributed by atoms with Gasteiger partial charge in [0.05, 0.1) is 27.2 Å². The lowest BCUT2D eigenvalue weighted by Gasteiger charge is -2.17.